The summed E-state index contributed by atoms with van der Waals surface area (Å²) in [6.45, 7) is 4.79. The molecule has 0 unspecified atom stereocenters. The molecule has 0 fully saturated rings. The molecule has 0 radical (unpaired) electrons. The van der Waals surface area contributed by atoms with Gasteiger partial charge in [0, 0.05) is 31.0 Å². The zero-order chi connectivity index (χ0) is 17.3. The Labute approximate surface area is 149 Å². The van der Waals surface area contributed by atoms with Crippen molar-refractivity contribution in [2.75, 3.05) is 0 Å². The van der Waals surface area contributed by atoms with Crippen molar-refractivity contribution >= 4 is 34.3 Å². The number of fused-ring (bicyclic) bond motifs is 1. The molecule has 0 spiro atoms. The maximum atomic E-state index is 12.9. The van der Waals surface area contributed by atoms with E-state index in [1.165, 1.54) is 11.8 Å². The molecular weight excluding hydrogens is 344 g/mol. The largest absolute Gasteiger partial charge is 0.337 e. The predicted octanol–water partition coefficient (Wildman–Crippen LogP) is 3.73. The predicted molar refractivity (Wildman–Crippen MR) is 98.6 cm³/mol. The first-order valence-electron chi connectivity index (χ1n) is 7.75. The lowest BCUT2D eigenvalue weighted by Gasteiger charge is -2.15. The van der Waals surface area contributed by atoms with Gasteiger partial charge in [-0.25, -0.2) is 9.97 Å². The van der Waals surface area contributed by atoms with Crippen molar-refractivity contribution < 1.29 is 0 Å². The average molecular weight is 363 g/mol. The van der Waals surface area contributed by atoms with Crippen LogP contribution in [-0.2, 0) is 19.3 Å². The number of halogens is 1. The van der Waals surface area contributed by atoms with Crippen LogP contribution in [-0.4, -0.2) is 19.1 Å². The lowest BCUT2D eigenvalue weighted by molar-refractivity contribution is 0.475. The monoisotopic (exact) mass is 362 g/mol. The van der Waals surface area contributed by atoms with E-state index in [1.54, 1.807) is 29.0 Å². The Morgan fingerprint density at radius 1 is 1.33 bits per heavy atom. The van der Waals surface area contributed by atoms with E-state index in [1.807, 2.05) is 17.8 Å². The first-order valence-corrected chi connectivity index (χ1v) is 9.11. The Kier molecular flexibility index (Phi) is 4.96. The first-order chi connectivity index (χ1) is 11.5. The van der Waals surface area contributed by atoms with Gasteiger partial charge in [0.25, 0.3) is 5.56 Å². The smallest absolute Gasteiger partial charge is 0.262 e. The van der Waals surface area contributed by atoms with Gasteiger partial charge >= 0.3 is 0 Å². The van der Waals surface area contributed by atoms with Crippen molar-refractivity contribution in [2.24, 2.45) is 13.0 Å². The SMILES string of the molecule is CC(C)Cn1c(SCc2nccn2C)nc2ccc(Cl)cc2c1=O. The molecule has 1 aromatic carbocycles. The van der Waals surface area contributed by atoms with Crippen molar-refractivity contribution in [3.63, 3.8) is 0 Å². The lowest BCUT2D eigenvalue weighted by atomic mass is 10.2. The summed E-state index contributed by atoms with van der Waals surface area (Å²) < 4.78 is 3.72. The number of thioether (sulfide) groups is 1. The molecule has 0 saturated heterocycles. The standard InChI is InChI=1S/C17H19ClN4OS/c1-11(2)9-22-16(23)13-8-12(18)4-5-14(13)20-17(22)24-10-15-19-6-7-21(15)3/h4-8,11H,9-10H2,1-3H3. The summed E-state index contributed by atoms with van der Waals surface area (Å²) in [5.74, 6) is 1.95. The number of hydrogen-bond acceptors (Lipinski definition) is 4. The minimum atomic E-state index is -0.0430. The minimum Gasteiger partial charge on any atom is -0.337 e. The van der Waals surface area contributed by atoms with E-state index >= 15 is 0 Å². The molecule has 2 heterocycles. The van der Waals surface area contributed by atoms with E-state index in [0.717, 1.165) is 5.82 Å². The van der Waals surface area contributed by atoms with Crippen molar-refractivity contribution in [3.05, 3.63) is 51.8 Å². The fraction of sp³-hybridized carbons (Fsp3) is 0.353. The van der Waals surface area contributed by atoms with Crippen molar-refractivity contribution in [1.29, 1.82) is 0 Å². The molecule has 0 bridgehead atoms. The summed E-state index contributed by atoms with van der Waals surface area (Å²) >= 11 is 7.57. The molecule has 0 amide bonds. The molecule has 0 saturated carbocycles. The number of benzene rings is 1. The summed E-state index contributed by atoms with van der Waals surface area (Å²) in [5, 5.41) is 1.82. The van der Waals surface area contributed by atoms with Gasteiger partial charge in [-0.2, -0.15) is 0 Å². The fourth-order valence-corrected chi connectivity index (χ4v) is 3.66. The summed E-state index contributed by atoms with van der Waals surface area (Å²) in [6, 6.07) is 5.25. The second kappa shape index (κ2) is 6.99. The quantitative estimate of drug-likeness (QED) is 0.512. The van der Waals surface area contributed by atoms with Crippen LogP contribution in [0.5, 0.6) is 0 Å². The fourth-order valence-electron chi connectivity index (χ4n) is 2.47. The summed E-state index contributed by atoms with van der Waals surface area (Å²) in [5.41, 5.74) is 0.630. The van der Waals surface area contributed by atoms with Crippen LogP contribution in [0.4, 0.5) is 0 Å². The molecule has 0 aliphatic heterocycles. The third-order valence-corrected chi connectivity index (χ3v) is 4.89. The van der Waals surface area contributed by atoms with Gasteiger partial charge in [0.1, 0.15) is 5.82 Å². The van der Waals surface area contributed by atoms with Crippen LogP contribution in [0, 0.1) is 5.92 Å². The topological polar surface area (TPSA) is 52.7 Å². The van der Waals surface area contributed by atoms with Crippen molar-refractivity contribution in [2.45, 2.75) is 31.3 Å². The van der Waals surface area contributed by atoms with Gasteiger partial charge in [-0.15, -0.1) is 0 Å². The van der Waals surface area contributed by atoms with Crippen LogP contribution in [0.25, 0.3) is 10.9 Å². The normalized spacial score (nSPS) is 11.5. The number of nitrogens with zero attached hydrogens (tertiary/aromatic N) is 4. The molecule has 5 nitrogen and oxygen atoms in total. The van der Waals surface area contributed by atoms with Crippen molar-refractivity contribution in [1.82, 2.24) is 19.1 Å². The Morgan fingerprint density at radius 2 is 2.12 bits per heavy atom. The van der Waals surface area contributed by atoms with Crippen LogP contribution < -0.4 is 5.56 Å². The molecule has 2 aromatic heterocycles. The zero-order valence-electron chi connectivity index (χ0n) is 13.9. The van der Waals surface area contributed by atoms with Gasteiger partial charge in [-0.3, -0.25) is 9.36 Å². The van der Waals surface area contributed by atoms with Gasteiger partial charge in [0.2, 0.25) is 0 Å². The highest BCUT2D eigenvalue weighted by atomic mass is 35.5. The van der Waals surface area contributed by atoms with E-state index in [0.29, 0.717) is 39.3 Å². The molecule has 3 aromatic rings. The van der Waals surface area contributed by atoms with Gasteiger partial charge < -0.3 is 4.57 Å². The molecule has 3 rings (SSSR count). The van der Waals surface area contributed by atoms with Crippen molar-refractivity contribution in [3.8, 4) is 0 Å². The van der Waals surface area contributed by atoms with Gasteiger partial charge in [-0.05, 0) is 24.1 Å². The van der Waals surface area contributed by atoms with E-state index in [2.05, 4.69) is 23.8 Å². The van der Waals surface area contributed by atoms with Gasteiger partial charge in [0.05, 0.1) is 16.7 Å². The molecule has 0 aliphatic rings. The Balaban J connectivity index is 2.05. The summed E-state index contributed by atoms with van der Waals surface area (Å²) in [7, 11) is 1.96. The molecule has 0 N–H and O–H groups in total. The maximum absolute atomic E-state index is 12.9. The van der Waals surface area contributed by atoms with Gasteiger partial charge in [-0.1, -0.05) is 37.2 Å². The maximum Gasteiger partial charge on any atom is 0.262 e. The Bertz CT molecular complexity index is 932. The molecule has 0 aliphatic carbocycles. The van der Waals surface area contributed by atoms with Crippen LogP contribution >= 0.6 is 23.4 Å². The van der Waals surface area contributed by atoms with Gasteiger partial charge in [0.15, 0.2) is 5.16 Å². The highest BCUT2D eigenvalue weighted by Gasteiger charge is 2.14. The summed E-state index contributed by atoms with van der Waals surface area (Å²) in [6.07, 6.45) is 3.68. The minimum absolute atomic E-state index is 0.0430. The van der Waals surface area contributed by atoms with Crippen LogP contribution in [0.2, 0.25) is 5.02 Å². The Hall–Kier alpha value is -1.79. The molecule has 24 heavy (non-hydrogen) atoms. The highest BCUT2D eigenvalue weighted by Crippen LogP contribution is 2.23. The Morgan fingerprint density at radius 3 is 2.79 bits per heavy atom. The lowest BCUT2D eigenvalue weighted by Crippen LogP contribution is -2.25. The molecule has 126 valence electrons. The molecular formula is C17H19ClN4OS. The molecule has 7 heteroatoms. The second-order valence-electron chi connectivity index (χ2n) is 6.11. The number of aromatic nitrogens is 4. The zero-order valence-corrected chi connectivity index (χ0v) is 15.4. The summed E-state index contributed by atoms with van der Waals surface area (Å²) in [4.78, 5) is 21.9. The van der Waals surface area contributed by atoms with Crippen LogP contribution in [0.15, 0.2) is 40.5 Å². The number of rotatable bonds is 5. The second-order valence-corrected chi connectivity index (χ2v) is 7.49. The van der Waals surface area contributed by atoms with Crippen LogP contribution in [0.1, 0.15) is 19.7 Å². The first kappa shape index (κ1) is 17.0. The van der Waals surface area contributed by atoms with E-state index in [-0.39, 0.29) is 5.56 Å². The number of imidazole rings is 1. The average Bonchev–Trinajstić information content (AvgIpc) is 2.94. The third-order valence-electron chi connectivity index (χ3n) is 3.68. The molecule has 0 atom stereocenters. The third kappa shape index (κ3) is 3.49. The number of aryl methyl sites for hydroxylation is 1. The van der Waals surface area contributed by atoms with E-state index in [9.17, 15) is 4.79 Å². The van der Waals surface area contributed by atoms with Crippen LogP contribution in [0.3, 0.4) is 0 Å². The van der Waals surface area contributed by atoms with E-state index < -0.39 is 0 Å². The van der Waals surface area contributed by atoms with E-state index in [4.69, 9.17) is 11.6 Å². The highest BCUT2D eigenvalue weighted by molar-refractivity contribution is 7.98. The number of hydrogen-bond donors (Lipinski definition) is 0.